The normalized spacial score (nSPS) is 13.6. The number of amides is 1. The lowest BCUT2D eigenvalue weighted by Gasteiger charge is -2.25. The molecule has 1 N–H and O–H groups in total. The van der Waals surface area contributed by atoms with Crippen molar-refractivity contribution in [1.29, 1.82) is 0 Å². The van der Waals surface area contributed by atoms with Gasteiger partial charge in [0.1, 0.15) is 17.3 Å². The number of benzene rings is 2. The molecule has 2 aromatic carbocycles. The molecule has 3 heterocycles. The van der Waals surface area contributed by atoms with E-state index in [2.05, 4.69) is 27.1 Å². The largest absolute Gasteiger partial charge is 0.445 e. The SMILES string of the molecule is Cc1nc2ccc(CC(=O)N3CCc4oc(Cc5ccccc5)nc4C3)cc2[nH]1. The number of rotatable bonds is 4. The van der Waals surface area contributed by atoms with Gasteiger partial charge >= 0.3 is 0 Å². The van der Waals surface area contributed by atoms with Crippen molar-refractivity contribution in [3.05, 3.63) is 82.8 Å². The van der Waals surface area contributed by atoms with Crippen molar-refractivity contribution in [2.24, 2.45) is 0 Å². The molecule has 1 aliphatic heterocycles. The molecule has 1 amide bonds. The topological polar surface area (TPSA) is 75.0 Å². The molecule has 5 rings (SSSR count). The summed E-state index contributed by atoms with van der Waals surface area (Å²) in [6.45, 7) is 3.11. The van der Waals surface area contributed by atoms with Gasteiger partial charge in [-0.15, -0.1) is 0 Å². The molecule has 29 heavy (non-hydrogen) atoms. The standard InChI is InChI=1S/C23H22N4O2/c1-15-24-18-8-7-17(11-19(18)25-15)13-23(28)27-10-9-21-20(14-27)26-22(29-21)12-16-5-3-2-4-6-16/h2-8,11H,9-10,12-14H2,1H3,(H,24,25). The summed E-state index contributed by atoms with van der Waals surface area (Å²) in [7, 11) is 0. The molecule has 0 saturated carbocycles. The molecular formula is C23H22N4O2. The number of nitrogens with one attached hydrogen (secondary N) is 1. The number of aromatic nitrogens is 3. The van der Waals surface area contributed by atoms with Gasteiger partial charge < -0.3 is 14.3 Å². The molecule has 0 unspecified atom stereocenters. The van der Waals surface area contributed by atoms with Gasteiger partial charge in [-0.2, -0.15) is 0 Å². The Bertz CT molecular complexity index is 1180. The van der Waals surface area contributed by atoms with E-state index < -0.39 is 0 Å². The van der Waals surface area contributed by atoms with Crippen molar-refractivity contribution < 1.29 is 9.21 Å². The van der Waals surface area contributed by atoms with Crippen LogP contribution >= 0.6 is 0 Å². The summed E-state index contributed by atoms with van der Waals surface area (Å²) in [5, 5.41) is 0. The first kappa shape index (κ1) is 17.7. The molecule has 0 spiro atoms. The highest BCUT2D eigenvalue weighted by Crippen LogP contribution is 2.22. The summed E-state index contributed by atoms with van der Waals surface area (Å²) < 4.78 is 5.95. The van der Waals surface area contributed by atoms with Crippen LogP contribution in [-0.2, 0) is 30.6 Å². The Morgan fingerprint density at radius 1 is 1.14 bits per heavy atom. The van der Waals surface area contributed by atoms with Crippen molar-refractivity contribution in [2.45, 2.75) is 32.7 Å². The molecule has 6 nitrogen and oxygen atoms in total. The van der Waals surface area contributed by atoms with E-state index in [-0.39, 0.29) is 5.91 Å². The fourth-order valence-electron chi connectivity index (χ4n) is 3.89. The Labute approximate surface area is 168 Å². The van der Waals surface area contributed by atoms with Gasteiger partial charge in [0.25, 0.3) is 0 Å². The van der Waals surface area contributed by atoms with E-state index in [0.717, 1.165) is 39.8 Å². The third-order valence-corrected chi connectivity index (χ3v) is 5.34. The predicted octanol–water partition coefficient (Wildman–Crippen LogP) is 3.58. The fourth-order valence-corrected chi connectivity index (χ4v) is 3.89. The van der Waals surface area contributed by atoms with Crippen LogP contribution in [0.15, 0.2) is 52.9 Å². The highest BCUT2D eigenvalue weighted by Gasteiger charge is 2.25. The Morgan fingerprint density at radius 3 is 2.86 bits per heavy atom. The van der Waals surface area contributed by atoms with Gasteiger partial charge in [-0.25, -0.2) is 9.97 Å². The predicted molar refractivity (Wildman–Crippen MR) is 109 cm³/mol. The van der Waals surface area contributed by atoms with Gasteiger partial charge in [0.2, 0.25) is 5.91 Å². The van der Waals surface area contributed by atoms with Crippen molar-refractivity contribution >= 4 is 16.9 Å². The highest BCUT2D eigenvalue weighted by atomic mass is 16.4. The summed E-state index contributed by atoms with van der Waals surface area (Å²) in [4.78, 5) is 27.0. The van der Waals surface area contributed by atoms with Crippen molar-refractivity contribution in [1.82, 2.24) is 19.9 Å². The smallest absolute Gasteiger partial charge is 0.227 e. The molecule has 0 radical (unpaired) electrons. The van der Waals surface area contributed by atoms with Gasteiger partial charge in [0.15, 0.2) is 5.89 Å². The van der Waals surface area contributed by atoms with Crippen LogP contribution in [0.3, 0.4) is 0 Å². The zero-order valence-corrected chi connectivity index (χ0v) is 16.3. The van der Waals surface area contributed by atoms with Crippen LogP contribution in [-0.4, -0.2) is 32.3 Å². The first-order valence-corrected chi connectivity index (χ1v) is 9.88. The molecule has 0 bridgehead atoms. The number of carbonyl (C=O) groups excluding carboxylic acids is 1. The van der Waals surface area contributed by atoms with Gasteiger partial charge in [-0.05, 0) is 30.2 Å². The molecule has 0 aliphatic carbocycles. The average Bonchev–Trinajstić information content (AvgIpc) is 3.29. The second-order valence-corrected chi connectivity index (χ2v) is 7.56. The number of hydrogen-bond donors (Lipinski definition) is 1. The van der Waals surface area contributed by atoms with Crippen LogP contribution in [0.5, 0.6) is 0 Å². The number of nitrogens with zero attached hydrogens (tertiary/aromatic N) is 3. The molecule has 0 atom stereocenters. The molecular weight excluding hydrogens is 364 g/mol. The minimum atomic E-state index is 0.110. The van der Waals surface area contributed by atoms with Crippen molar-refractivity contribution in [3.63, 3.8) is 0 Å². The number of H-pyrrole nitrogens is 1. The number of imidazole rings is 1. The van der Waals surface area contributed by atoms with Crippen LogP contribution in [0.4, 0.5) is 0 Å². The lowest BCUT2D eigenvalue weighted by molar-refractivity contribution is -0.131. The monoisotopic (exact) mass is 386 g/mol. The molecule has 0 fully saturated rings. The number of hydrogen-bond acceptors (Lipinski definition) is 4. The van der Waals surface area contributed by atoms with E-state index >= 15 is 0 Å². The fraction of sp³-hybridized carbons (Fsp3) is 0.261. The van der Waals surface area contributed by atoms with Gasteiger partial charge in [0, 0.05) is 19.4 Å². The number of aryl methyl sites for hydroxylation is 1. The summed E-state index contributed by atoms with van der Waals surface area (Å²) in [6, 6.07) is 16.1. The maximum atomic E-state index is 12.9. The quantitative estimate of drug-likeness (QED) is 0.582. The van der Waals surface area contributed by atoms with Crippen LogP contribution in [0.2, 0.25) is 0 Å². The molecule has 4 aromatic rings. The van der Waals surface area contributed by atoms with Crippen LogP contribution in [0.1, 0.15) is 34.3 Å². The van der Waals surface area contributed by atoms with Crippen LogP contribution in [0.25, 0.3) is 11.0 Å². The van der Waals surface area contributed by atoms with Crippen LogP contribution in [0, 0.1) is 6.92 Å². The zero-order chi connectivity index (χ0) is 19.8. The van der Waals surface area contributed by atoms with Gasteiger partial charge in [-0.3, -0.25) is 4.79 Å². The third-order valence-electron chi connectivity index (χ3n) is 5.34. The van der Waals surface area contributed by atoms with E-state index in [1.165, 1.54) is 5.56 Å². The Morgan fingerprint density at radius 2 is 2.00 bits per heavy atom. The van der Waals surface area contributed by atoms with E-state index in [1.807, 2.05) is 48.2 Å². The van der Waals surface area contributed by atoms with Crippen molar-refractivity contribution in [2.75, 3.05) is 6.54 Å². The maximum absolute atomic E-state index is 12.9. The summed E-state index contributed by atoms with van der Waals surface area (Å²) in [5.41, 5.74) is 4.94. The van der Waals surface area contributed by atoms with E-state index in [0.29, 0.717) is 32.4 Å². The average molecular weight is 386 g/mol. The molecule has 1 aliphatic rings. The molecule has 2 aromatic heterocycles. The van der Waals surface area contributed by atoms with E-state index in [9.17, 15) is 4.79 Å². The number of oxazole rings is 1. The second-order valence-electron chi connectivity index (χ2n) is 7.56. The summed E-state index contributed by atoms with van der Waals surface area (Å²) >= 11 is 0. The zero-order valence-electron chi connectivity index (χ0n) is 16.3. The minimum absolute atomic E-state index is 0.110. The maximum Gasteiger partial charge on any atom is 0.227 e. The lowest BCUT2D eigenvalue weighted by Crippen LogP contribution is -2.36. The van der Waals surface area contributed by atoms with Gasteiger partial charge in [-0.1, -0.05) is 36.4 Å². The number of fused-ring (bicyclic) bond motifs is 2. The van der Waals surface area contributed by atoms with E-state index in [4.69, 9.17) is 4.42 Å². The van der Waals surface area contributed by atoms with Crippen molar-refractivity contribution in [3.8, 4) is 0 Å². The highest BCUT2D eigenvalue weighted by molar-refractivity contribution is 5.82. The second kappa shape index (κ2) is 7.20. The molecule has 6 heteroatoms. The lowest BCUT2D eigenvalue weighted by atomic mass is 10.1. The first-order valence-electron chi connectivity index (χ1n) is 9.88. The third kappa shape index (κ3) is 3.66. The number of aromatic amines is 1. The van der Waals surface area contributed by atoms with E-state index in [1.54, 1.807) is 0 Å². The number of carbonyl (C=O) groups is 1. The molecule has 0 saturated heterocycles. The van der Waals surface area contributed by atoms with Gasteiger partial charge in [0.05, 0.1) is 24.0 Å². The Kier molecular flexibility index (Phi) is 4.39. The summed E-state index contributed by atoms with van der Waals surface area (Å²) in [5.74, 6) is 2.62. The van der Waals surface area contributed by atoms with Crippen LogP contribution < -0.4 is 0 Å². The first-order chi connectivity index (χ1) is 14.1. The molecule has 146 valence electrons. The Hall–Kier alpha value is -3.41. The summed E-state index contributed by atoms with van der Waals surface area (Å²) in [6.07, 6.45) is 1.76. The minimum Gasteiger partial charge on any atom is -0.445 e. The Balaban J connectivity index is 1.27.